The minimum atomic E-state index is -4.38. The summed E-state index contributed by atoms with van der Waals surface area (Å²) in [4.78, 5) is 15.1. The molecule has 90 valence electrons. The number of aromatic nitrogens is 1. The molecule has 1 aromatic heterocycles. The van der Waals surface area contributed by atoms with Gasteiger partial charge in [-0.3, -0.25) is 4.79 Å². The molecule has 2 nitrogen and oxygen atoms in total. The fourth-order valence-corrected chi connectivity index (χ4v) is 1.87. The van der Waals surface area contributed by atoms with E-state index in [1.165, 1.54) is 6.20 Å². The Bertz CT molecular complexity index is 370. The summed E-state index contributed by atoms with van der Waals surface area (Å²) >= 11 is 0.605. The SMILES string of the molecule is CC(C)C(=O)CCc1cnc(C(F)(F)F)s1. The van der Waals surface area contributed by atoms with Crippen molar-refractivity contribution in [3.8, 4) is 0 Å². The second kappa shape index (κ2) is 4.95. The van der Waals surface area contributed by atoms with Gasteiger partial charge in [-0.25, -0.2) is 4.98 Å². The van der Waals surface area contributed by atoms with E-state index < -0.39 is 11.2 Å². The number of carbonyl (C=O) groups is 1. The van der Waals surface area contributed by atoms with Crippen molar-refractivity contribution in [2.24, 2.45) is 5.92 Å². The average molecular weight is 251 g/mol. The topological polar surface area (TPSA) is 30.0 Å². The molecular weight excluding hydrogens is 239 g/mol. The molecule has 0 aliphatic carbocycles. The van der Waals surface area contributed by atoms with Gasteiger partial charge in [-0.2, -0.15) is 13.2 Å². The van der Waals surface area contributed by atoms with Gasteiger partial charge in [0.1, 0.15) is 5.78 Å². The Morgan fingerprint density at radius 2 is 2.12 bits per heavy atom. The molecule has 0 N–H and O–H groups in total. The Hall–Kier alpha value is -0.910. The molecule has 1 rings (SSSR count). The summed E-state index contributed by atoms with van der Waals surface area (Å²) in [7, 11) is 0. The Morgan fingerprint density at radius 3 is 2.56 bits per heavy atom. The summed E-state index contributed by atoms with van der Waals surface area (Å²) in [6.07, 6.45) is -2.58. The van der Waals surface area contributed by atoms with Gasteiger partial charge in [0.05, 0.1) is 0 Å². The number of carbonyl (C=O) groups excluding carboxylic acids is 1. The molecule has 0 spiro atoms. The Morgan fingerprint density at radius 1 is 1.50 bits per heavy atom. The largest absolute Gasteiger partial charge is 0.443 e. The molecule has 0 atom stereocenters. The van der Waals surface area contributed by atoms with E-state index in [4.69, 9.17) is 0 Å². The molecule has 0 unspecified atom stereocenters. The molecular formula is C10H12F3NOS. The maximum Gasteiger partial charge on any atom is 0.443 e. The first-order valence-electron chi connectivity index (χ1n) is 4.85. The van der Waals surface area contributed by atoms with Crippen LogP contribution in [0.2, 0.25) is 0 Å². The van der Waals surface area contributed by atoms with Gasteiger partial charge in [-0.05, 0) is 6.42 Å². The second-order valence-corrected chi connectivity index (χ2v) is 4.87. The van der Waals surface area contributed by atoms with Gasteiger partial charge in [0.15, 0.2) is 5.01 Å². The van der Waals surface area contributed by atoms with E-state index in [0.717, 1.165) is 0 Å². The van der Waals surface area contributed by atoms with E-state index in [1.54, 1.807) is 13.8 Å². The number of halogens is 3. The molecule has 0 aliphatic heterocycles. The minimum Gasteiger partial charge on any atom is -0.299 e. The number of Topliss-reactive ketones (excluding diaryl/α,β-unsaturated/α-hetero) is 1. The zero-order valence-corrected chi connectivity index (χ0v) is 9.78. The average Bonchev–Trinajstić information content (AvgIpc) is 2.61. The van der Waals surface area contributed by atoms with Crippen molar-refractivity contribution in [3.05, 3.63) is 16.1 Å². The first-order chi connectivity index (χ1) is 7.30. The smallest absolute Gasteiger partial charge is 0.299 e. The molecule has 0 aromatic carbocycles. The third-order valence-corrected chi connectivity index (χ3v) is 3.16. The number of alkyl halides is 3. The van der Waals surface area contributed by atoms with Crippen molar-refractivity contribution in [2.75, 3.05) is 0 Å². The maximum atomic E-state index is 12.2. The normalized spacial score (nSPS) is 12.1. The van der Waals surface area contributed by atoms with Crippen molar-refractivity contribution >= 4 is 17.1 Å². The molecule has 0 saturated carbocycles. The van der Waals surface area contributed by atoms with Crippen LogP contribution in [-0.4, -0.2) is 10.8 Å². The van der Waals surface area contributed by atoms with Crippen molar-refractivity contribution < 1.29 is 18.0 Å². The highest BCUT2D eigenvalue weighted by atomic mass is 32.1. The lowest BCUT2D eigenvalue weighted by Crippen LogP contribution is -2.07. The molecule has 0 aliphatic rings. The van der Waals surface area contributed by atoms with Crippen molar-refractivity contribution in [1.29, 1.82) is 0 Å². The highest BCUT2D eigenvalue weighted by Gasteiger charge is 2.34. The molecule has 6 heteroatoms. The van der Waals surface area contributed by atoms with Crippen molar-refractivity contribution in [3.63, 3.8) is 0 Å². The van der Waals surface area contributed by atoms with Crippen molar-refractivity contribution in [1.82, 2.24) is 4.98 Å². The summed E-state index contributed by atoms with van der Waals surface area (Å²) in [5.41, 5.74) is 0. The van der Waals surface area contributed by atoms with Crippen LogP contribution < -0.4 is 0 Å². The lowest BCUT2D eigenvalue weighted by atomic mass is 10.0. The van der Waals surface area contributed by atoms with Gasteiger partial charge in [0.2, 0.25) is 0 Å². The standard InChI is InChI=1S/C10H12F3NOS/c1-6(2)8(15)4-3-7-5-14-9(16-7)10(11,12)13/h5-6H,3-4H2,1-2H3. The number of hydrogen-bond donors (Lipinski definition) is 0. The fraction of sp³-hybridized carbons (Fsp3) is 0.600. The van der Waals surface area contributed by atoms with Crippen LogP contribution in [0.4, 0.5) is 13.2 Å². The van der Waals surface area contributed by atoms with Crippen LogP contribution in [0.3, 0.4) is 0 Å². The number of aryl methyl sites for hydroxylation is 1. The van der Waals surface area contributed by atoms with Crippen LogP contribution in [0, 0.1) is 5.92 Å². The summed E-state index contributed by atoms with van der Waals surface area (Å²) < 4.78 is 36.6. The Balaban J connectivity index is 2.57. The van der Waals surface area contributed by atoms with E-state index in [2.05, 4.69) is 4.98 Å². The number of nitrogens with zero attached hydrogens (tertiary/aromatic N) is 1. The quantitative estimate of drug-likeness (QED) is 0.821. The lowest BCUT2D eigenvalue weighted by molar-refractivity contribution is -0.137. The van der Waals surface area contributed by atoms with E-state index >= 15 is 0 Å². The molecule has 0 bridgehead atoms. The highest BCUT2D eigenvalue weighted by Crippen LogP contribution is 2.32. The summed E-state index contributed by atoms with van der Waals surface area (Å²) in [5.74, 6) is -0.0167. The van der Waals surface area contributed by atoms with Gasteiger partial charge >= 0.3 is 6.18 Å². The van der Waals surface area contributed by atoms with Crippen LogP contribution >= 0.6 is 11.3 Å². The molecule has 1 heterocycles. The first kappa shape index (κ1) is 13.2. The minimum absolute atomic E-state index is 0.0574. The van der Waals surface area contributed by atoms with E-state index in [0.29, 0.717) is 22.6 Å². The van der Waals surface area contributed by atoms with E-state index in [9.17, 15) is 18.0 Å². The van der Waals surface area contributed by atoms with Crippen LogP contribution in [0.15, 0.2) is 6.20 Å². The summed E-state index contributed by atoms with van der Waals surface area (Å²) in [6.45, 7) is 3.55. The second-order valence-electron chi connectivity index (χ2n) is 3.75. The third-order valence-electron chi connectivity index (χ3n) is 2.06. The molecule has 0 radical (unpaired) electrons. The van der Waals surface area contributed by atoms with Gasteiger partial charge in [0, 0.05) is 23.4 Å². The maximum absolute atomic E-state index is 12.2. The lowest BCUT2D eigenvalue weighted by Gasteiger charge is -2.01. The number of thiazole rings is 1. The van der Waals surface area contributed by atoms with Crippen LogP contribution in [-0.2, 0) is 17.4 Å². The summed E-state index contributed by atoms with van der Waals surface area (Å²) in [5, 5.41) is -0.848. The molecule has 0 fully saturated rings. The number of hydrogen-bond acceptors (Lipinski definition) is 3. The van der Waals surface area contributed by atoms with Gasteiger partial charge in [-0.1, -0.05) is 13.8 Å². The monoisotopic (exact) mass is 251 g/mol. The summed E-state index contributed by atoms with van der Waals surface area (Å²) in [6, 6.07) is 0. The van der Waals surface area contributed by atoms with Gasteiger partial charge in [0.25, 0.3) is 0 Å². The predicted octanol–water partition coefficient (Wildman–Crippen LogP) is 3.32. The first-order valence-corrected chi connectivity index (χ1v) is 5.67. The number of rotatable bonds is 4. The van der Waals surface area contributed by atoms with Gasteiger partial charge in [-0.15, -0.1) is 11.3 Å². The molecule has 0 amide bonds. The van der Waals surface area contributed by atoms with Crippen molar-refractivity contribution in [2.45, 2.75) is 32.9 Å². The zero-order valence-electron chi connectivity index (χ0n) is 8.97. The van der Waals surface area contributed by atoms with Crippen LogP contribution in [0.5, 0.6) is 0 Å². The van der Waals surface area contributed by atoms with E-state index in [1.807, 2.05) is 0 Å². The highest BCUT2D eigenvalue weighted by molar-refractivity contribution is 7.11. The van der Waals surface area contributed by atoms with Crippen LogP contribution in [0.1, 0.15) is 30.2 Å². The van der Waals surface area contributed by atoms with Gasteiger partial charge < -0.3 is 0 Å². The Labute approximate surface area is 95.5 Å². The Kier molecular flexibility index (Phi) is 4.07. The molecule has 16 heavy (non-hydrogen) atoms. The fourth-order valence-electron chi connectivity index (χ4n) is 1.09. The molecule has 1 aromatic rings. The molecule has 0 saturated heterocycles. The third kappa shape index (κ3) is 3.59. The predicted molar refractivity (Wildman–Crippen MR) is 55.3 cm³/mol. The van der Waals surface area contributed by atoms with E-state index in [-0.39, 0.29) is 18.1 Å². The number of ketones is 1. The van der Waals surface area contributed by atoms with Crippen LogP contribution in [0.25, 0.3) is 0 Å². The zero-order chi connectivity index (χ0) is 12.3.